The molecule has 30 heavy (non-hydrogen) atoms. The Balaban J connectivity index is 1.96. The average molecular weight is 423 g/mol. The molecule has 0 unspecified atom stereocenters. The quantitative estimate of drug-likeness (QED) is 0.425. The maximum Gasteiger partial charge on any atom is 0.407 e. The van der Waals surface area contributed by atoms with E-state index in [0.29, 0.717) is 27.5 Å². The summed E-state index contributed by atoms with van der Waals surface area (Å²) in [5.41, 5.74) is 2.41. The minimum atomic E-state index is -0.597. The van der Waals surface area contributed by atoms with Crippen molar-refractivity contribution >= 4 is 23.5 Å². The van der Waals surface area contributed by atoms with Crippen LogP contribution in [0.15, 0.2) is 66.7 Å². The first-order valence-corrected chi connectivity index (χ1v) is 9.94. The molecule has 0 aliphatic heterocycles. The second kappa shape index (κ2) is 9.09. The Morgan fingerprint density at radius 2 is 1.63 bits per heavy atom. The standard InChI is InChI=1S/C24H23ClN2O3/c1-24(2,3)30-23(29)26-15-17-13-14-20(25)27-21(17)18-11-7-8-12-19(18)22(28)16-9-5-4-6-10-16/h4-14H,15H2,1-3H3,(H,26,29). The molecule has 1 heterocycles. The van der Waals surface area contributed by atoms with Gasteiger partial charge in [-0.05, 0) is 32.4 Å². The van der Waals surface area contributed by atoms with Gasteiger partial charge in [0.05, 0.1) is 5.69 Å². The fourth-order valence-electron chi connectivity index (χ4n) is 2.95. The Morgan fingerprint density at radius 3 is 2.33 bits per heavy atom. The van der Waals surface area contributed by atoms with E-state index in [-0.39, 0.29) is 12.3 Å². The maximum atomic E-state index is 13.1. The summed E-state index contributed by atoms with van der Waals surface area (Å²) in [6, 6.07) is 19.7. The van der Waals surface area contributed by atoms with Crippen LogP contribution in [0.2, 0.25) is 5.15 Å². The molecule has 6 heteroatoms. The molecule has 3 aromatic rings. The highest BCUT2D eigenvalue weighted by molar-refractivity contribution is 6.29. The van der Waals surface area contributed by atoms with Gasteiger partial charge >= 0.3 is 6.09 Å². The van der Waals surface area contributed by atoms with E-state index in [1.807, 2.05) is 36.4 Å². The van der Waals surface area contributed by atoms with E-state index in [1.165, 1.54) is 0 Å². The van der Waals surface area contributed by atoms with Crippen LogP contribution in [0.1, 0.15) is 42.3 Å². The SMILES string of the molecule is CC(C)(C)OC(=O)NCc1ccc(Cl)nc1-c1ccccc1C(=O)c1ccccc1. The molecular weight excluding hydrogens is 400 g/mol. The van der Waals surface area contributed by atoms with Gasteiger partial charge in [0.1, 0.15) is 10.8 Å². The van der Waals surface area contributed by atoms with Crippen LogP contribution >= 0.6 is 11.6 Å². The van der Waals surface area contributed by atoms with E-state index < -0.39 is 11.7 Å². The van der Waals surface area contributed by atoms with Crippen molar-refractivity contribution in [2.75, 3.05) is 0 Å². The summed E-state index contributed by atoms with van der Waals surface area (Å²) in [5, 5.41) is 3.04. The van der Waals surface area contributed by atoms with E-state index in [4.69, 9.17) is 16.3 Å². The first-order valence-electron chi connectivity index (χ1n) is 9.56. The highest BCUT2D eigenvalue weighted by Gasteiger charge is 2.19. The molecule has 0 aliphatic carbocycles. The van der Waals surface area contributed by atoms with Crippen LogP contribution in [0.3, 0.4) is 0 Å². The predicted octanol–water partition coefficient (Wildman–Crippen LogP) is 5.66. The highest BCUT2D eigenvalue weighted by atomic mass is 35.5. The lowest BCUT2D eigenvalue weighted by molar-refractivity contribution is 0.0523. The van der Waals surface area contributed by atoms with Gasteiger partial charge in [0.15, 0.2) is 5.78 Å². The van der Waals surface area contributed by atoms with Gasteiger partial charge in [-0.2, -0.15) is 0 Å². The van der Waals surface area contributed by atoms with Crippen molar-refractivity contribution in [1.29, 1.82) is 0 Å². The molecule has 3 rings (SSSR count). The van der Waals surface area contributed by atoms with Gasteiger partial charge in [-0.1, -0.05) is 72.3 Å². The summed E-state index contributed by atoms with van der Waals surface area (Å²) in [6.07, 6.45) is -0.531. The van der Waals surface area contributed by atoms with Crippen LogP contribution in [0.5, 0.6) is 0 Å². The number of nitrogens with one attached hydrogen (secondary N) is 1. The summed E-state index contributed by atoms with van der Waals surface area (Å²) in [5.74, 6) is -0.112. The zero-order chi connectivity index (χ0) is 21.7. The smallest absolute Gasteiger partial charge is 0.407 e. The summed E-state index contributed by atoms with van der Waals surface area (Å²) in [4.78, 5) is 29.6. The van der Waals surface area contributed by atoms with Gasteiger partial charge in [0, 0.05) is 23.2 Å². The summed E-state index contributed by atoms with van der Waals surface area (Å²) in [6.45, 7) is 5.58. The second-order valence-corrected chi connectivity index (χ2v) is 8.13. The molecule has 0 atom stereocenters. The number of ketones is 1. The van der Waals surface area contributed by atoms with Crippen molar-refractivity contribution in [3.63, 3.8) is 0 Å². The van der Waals surface area contributed by atoms with Crippen LogP contribution in [-0.2, 0) is 11.3 Å². The summed E-state index contributed by atoms with van der Waals surface area (Å²) in [7, 11) is 0. The second-order valence-electron chi connectivity index (χ2n) is 7.74. The van der Waals surface area contributed by atoms with Crippen LogP contribution in [0, 0.1) is 0 Å². The number of carbonyl (C=O) groups is 2. The summed E-state index contributed by atoms with van der Waals surface area (Å²) >= 11 is 6.16. The number of pyridine rings is 1. The number of benzene rings is 2. The number of ether oxygens (including phenoxy) is 1. The number of nitrogens with zero attached hydrogens (tertiary/aromatic N) is 1. The van der Waals surface area contributed by atoms with Crippen molar-refractivity contribution in [3.8, 4) is 11.3 Å². The highest BCUT2D eigenvalue weighted by Crippen LogP contribution is 2.28. The zero-order valence-electron chi connectivity index (χ0n) is 17.1. The van der Waals surface area contributed by atoms with E-state index in [1.54, 1.807) is 51.1 Å². The molecule has 0 radical (unpaired) electrons. The topological polar surface area (TPSA) is 68.3 Å². The molecule has 1 N–H and O–H groups in total. The number of carbonyl (C=O) groups excluding carboxylic acids is 2. The van der Waals surface area contributed by atoms with Crippen molar-refractivity contribution < 1.29 is 14.3 Å². The fraction of sp³-hybridized carbons (Fsp3) is 0.208. The molecule has 0 saturated heterocycles. The minimum absolute atomic E-state index is 0.112. The fourth-order valence-corrected chi connectivity index (χ4v) is 3.10. The Hall–Kier alpha value is -3.18. The number of aromatic nitrogens is 1. The van der Waals surface area contributed by atoms with Crippen molar-refractivity contribution in [2.45, 2.75) is 32.9 Å². The van der Waals surface area contributed by atoms with Crippen molar-refractivity contribution in [1.82, 2.24) is 10.3 Å². The third kappa shape index (κ3) is 5.45. The molecule has 0 saturated carbocycles. The first-order chi connectivity index (χ1) is 14.2. The Morgan fingerprint density at radius 1 is 0.967 bits per heavy atom. The van der Waals surface area contributed by atoms with Crippen LogP contribution in [0.4, 0.5) is 4.79 Å². The monoisotopic (exact) mass is 422 g/mol. The Labute approximate surface area is 181 Å². The lowest BCUT2D eigenvalue weighted by Gasteiger charge is -2.20. The van der Waals surface area contributed by atoms with Gasteiger partial charge < -0.3 is 10.1 Å². The van der Waals surface area contributed by atoms with Crippen LogP contribution in [0.25, 0.3) is 11.3 Å². The molecule has 0 aliphatic rings. The molecule has 2 aromatic carbocycles. The third-order valence-electron chi connectivity index (χ3n) is 4.23. The molecular formula is C24H23ClN2O3. The molecule has 1 aromatic heterocycles. The number of amides is 1. The number of hydrogen-bond acceptors (Lipinski definition) is 4. The lowest BCUT2D eigenvalue weighted by atomic mass is 9.94. The van der Waals surface area contributed by atoms with Gasteiger partial charge in [0.25, 0.3) is 0 Å². The lowest BCUT2D eigenvalue weighted by Crippen LogP contribution is -2.32. The zero-order valence-corrected chi connectivity index (χ0v) is 17.9. The molecule has 0 spiro atoms. The van der Waals surface area contributed by atoms with Crippen LogP contribution < -0.4 is 5.32 Å². The van der Waals surface area contributed by atoms with Crippen molar-refractivity contribution in [3.05, 3.63) is 88.6 Å². The van der Waals surface area contributed by atoms with Gasteiger partial charge in [-0.25, -0.2) is 9.78 Å². The molecule has 0 fully saturated rings. The number of halogens is 1. The normalized spacial score (nSPS) is 11.1. The minimum Gasteiger partial charge on any atom is -0.444 e. The van der Waals surface area contributed by atoms with Gasteiger partial charge in [0.2, 0.25) is 0 Å². The third-order valence-corrected chi connectivity index (χ3v) is 4.44. The van der Waals surface area contributed by atoms with Gasteiger partial charge in [-0.3, -0.25) is 4.79 Å². The van der Waals surface area contributed by atoms with Gasteiger partial charge in [-0.15, -0.1) is 0 Å². The number of rotatable bonds is 5. The number of alkyl carbamates (subject to hydrolysis) is 1. The molecule has 154 valence electrons. The maximum absolute atomic E-state index is 13.1. The molecule has 0 bridgehead atoms. The van der Waals surface area contributed by atoms with Crippen molar-refractivity contribution in [2.24, 2.45) is 0 Å². The average Bonchev–Trinajstić information content (AvgIpc) is 2.71. The summed E-state index contributed by atoms with van der Waals surface area (Å²) < 4.78 is 5.30. The first kappa shape index (κ1) is 21.5. The van der Waals surface area contributed by atoms with E-state index in [2.05, 4.69) is 10.3 Å². The predicted molar refractivity (Wildman–Crippen MR) is 118 cm³/mol. The largest absolute Gasteiger partial charge is 0.444 e. The Kier molecular flexibility index (Phi) is 6.53. The Bertz CT molecular complexity index is 1060. The van der Waals surface area contributed by atoms with E-state index >= 15 is 0 Å². The molecule has 5 nitrogen and oxygen atoms in total. The van der Waals surface area contributed by atoms with E-state index in [9.17, 15) is 9.59 Å². The van der Waals surface area contributed by atoms with E-state index in [0.717, 1.165) is 5.56 Å². The molecule has 1 amide bonds. The number of hydrogen-bond donors (Lipinski definition) is 1. The van der Waals surface area contributed by atoms with Crippen LogP contribution in [-0.4, -0.2) is 22.5 Å².